The molecule has 6 heteroatoms. The lowest BCUT2D eigenvalue weighted by atomic mass is 9.71. The summed E-state index contributed by atoms with van der Waals surface area (Å²) >= 11 is 1.63. The topological polar surface area (TPSA) is 32.3 Å². The van der Waals surface area contributed by atoms with Crippen molar-refractivity contribution < 1.29 is 13.6 Å². The average Bonchev–Trinajstić information content (AvgIpc) is 3.18. The van der Waals surface area contributed by atoms with Gasteiger partial charge in [-0.1, -0.05) is 59.7 Å². The van der Waals surface area contributed by atoms with Crippen LogP contribution in [0.25, 0.3) is 15.8 Å². The molecule has 1 aliphatic rings. The maximum absolute atomic E-state index is 14.6. The highest BCUT2D eigenvalue weighted by molar-refractivity contribution is 7.20. The number of anilines is 1. The molecule has 36 heavy (non-hydrogen) atoms. The zero-order valence-electron chi connectivity index (χ0n) is 21.8. The Labute approximate surface area is 215 Å². The maximum Gasteiger partial charge on any atom is 0.186 e. The van der Waals surface area contributed by atoms with Crippen molar-refractivity contribution in [2.24, 2.45) is 10.8 Å². The molecule has 3 nitrogen and oxygen atoms in total. The molecule has 1 heterocycles. The summed E-state index contributed by atoms with van der Waals surface area (Å²) in [5.41, 5.74) is 5.63. The van der Waals surface area contributed by atoms with Crippen molar-refractivity contribution in [3.63, 3.8) is 0 Å². The molecule has 0 bridgehead atoms. The van der Waals surface area contributed by atoms with E-state index in [4.69, 9.17) is 0 Å². The van der Waals surface area contributed by atoms with E-state index in [1.54, 1.807) is 23.4 Å². The normalized spacial score (nSPS) is 14.6. The van der Waals surface area contributed by atoms with Gasteiger partial charge in [0.15, 0.2) is 11.6 Å². The van der Waals surface area contributed by atoms with Gasteiger partial charge in [-0.15, -0.1) is 11.3 Å². The number of hydrogen-bond acceptors (Lipinski definition) is 4. The van der Waals surface area contributed by atoms with Crippen LogP contribution in [-0.2, 0) is 4.79 Å². The van der Waals surface area contributed by atoms with Crippen molar-refractivity contribution in [3.05, 3.63) is 93.9 Å². The molecular formula is C30H32F2N2OS. The molecule has 0 unspecified atom stereocenters. The molecule has 0 atom stereocenters. The molecule has 0 saturated carbocycles. The lowest BCUT2D eigenvalue weighted by Crippen LogP contribution is -2.30. The monoisotopic (exact) mass is 506 g/mol. The van der Waals surface area contributed by atoms with E-state index in [1.807, 2.05) is 65.8 Å². The molecule has 1 aliphatic carbocycles. The van der Waals surface area contributed by atoms with Crippen LogP contribution in [0.5, 0.6) is 0 Å². The first-order valence-corrected chi connectivity index (χ1v) is 12.7. The third-order valence-electron chi connectivity index (χ3n) is 6.19. The first-order valence-electron chi connectivity index (χ1n) is 11.9. The summed E-state index contributed by atoms with van der Waals surface area (Å²) in [7, 11) is 1.81. The van der Waals surface area contributed by atoms with Gasteiger partial charge in [0.25, 0.3) is 0 Å². The van der Waals surface area contributed by atoms with Crippen LogP contribution in [-0.4, -0.2) is 17.8 Å². The van der Waals surface area contributed by atoms with Crippen LogP contribution in [0.2, 0.25) is 0 Å². The maximum atomic E-state index is 14.6. The van der Waals surface area contributed by atoms with Crippen molar-refractivity contribution in [1.29, 1.82) is 0 Å². The Morgan fingerprint density at radius 3 is 2.06 bits per heavy atom. The van der Waals surface area contributed by atoms with Gasteiger partial charge in [-0.3, -0.25) is 15.2 Å². The minimum atomic E-state index is -0.682. The van der Waals surface area contributed by atoms with Crippen molar-refractivity contribution in [3.8, 4) is 0 Å². The van der Waals surface area contributed by atoms with Crippen LogP contribution in [0.15, 0.2) is 77.4 Å². The molecular weight excluding hydrogens is 474 g/mol. The molecule has 1 N–H and O–H groups in total. The molecule has 0 radical (unpaired) electrons. The van der Waals surface area contributed by atoms with Crippen LogP contribution in [0.1, 0.15) is 46.4 Å². The van der Waals surface area contributed by atoms with Crippen molar-refractivity contribution >= 4 is 38.6 Å². The number of Topliss-reactive ketones (excluding diaryl/α,β-unsaturated/α-hetero) is 1. The third kappa shape index (κ3) is 5.14. The summed E-state index contributed by atoms with van der Waals surface area (Å²) in [5.74, 6) is -1.27. The number of allylic oxidation sites excluding steroid dienone is 5. The molecule has 0 saturated heterocycles. The number of hydrazine groups is 1. The van der Waals surface area contributed by atoms with Gasteiger partial charge in [0.1, 0.15) is 5.82 Å². The predicted molar refractivity (Wildman–Crippen MR) is 147 cm³/mol. The Balaban J connectivity index is 1.97. The average molecular weight is 507 g/mol. The molecule has 1 aromatic heterocycles. The smallest absolute Gasteiger partial charge is 0.186 e. The summed E-state index contributed by atoms with van der Waals surface area (Å²) in [5, 5.41) is 2.85. The van der Waals surface area contributed by atoms with Gasteiger partial charge in [-0.25, -0.2) is 8.78 Å². The molecule has 2 aromatic carbocycles. The number of carbonyl (C=O) groups is 1. The number of fused-ring (bicyclic) bond motifs is 1. The number of benzene rings is 2. The van der Waals surface area contributed by atoms with Gasteiger partial charge in [0, 0.05) is 34.5 Å². The third-order valence-corrected chi connectivity index (χ3v) is 7.31. The van der Waals surface area contributed by atoms with E-state index in [0.29, 0.717) is 0 Å². The van der Waals surface area contributed by atoms with Gasteiger partial charge in [0.2, 0.25) is 0 Å². The van der Waals surface area contributed by atoms with Gasteiger partial charge < -0.3 is 0 Å². The number of thiophene rings is 1. The molecule has 0 spiro atoms. The van der Waals surface area contributed by atoms with Crippen LogP contribution < -0.4 is 5.43 Å². The summed E-state index contributed by atoms with van der Waals surface area (Å²) in [6, 6.07) is 13.7. The quantitative estimate of drug-likeness (QED) is 0.361. The Bertz CT molecular complexity index is 1360. The molecule has 188 valence electrons. The van der Waals surface area contributed by atoms with E-state index in [9.17, 15) is 13.6 Å². The van der Waals surface area contributed by atoms with E-state index < -0.39 is 11.6 Å². The van der Waals surface area contributed by atoms with Crippen molar-refractivity contribution in [2.75, 3.05) is 12.5 Å². The number of nitrogens with one attached hydrogen (secondary N) is 1. The second-order valence-corrected chi connectivity index (χ2v) is 12.3. The standard InChI is InChI=1S/C30H32F2N2OS/c1-29(2,3)21-14-19(15-22(28(21)35)30(4,5)6)27(26-16-18-10-8-9-11-25(18)36-26)34(7)33-24-13-12-20(31)17-23(24)32/h8-17,33H,1-7H3. The van der Waals surface area contributed by atoms with Gasteiger partial charge in [-0.2, -0.15) is 0 Å². The molecule has 0 aliphatic heterocycles. The number of halogens is 2. The van der Waals surface area contributed by atoms with Crippen molar-refractivity contribution in [1.82, 2.24) is 5.01 Å². The van der Waals surface area contributed by atoms with Gasteiger partial charge in [-0.05, 0) is 52.6 Å². The van der Waals surface area contributed by atoms with E-state index in [2.05, 4.69) is 23.6 Å². The molecule has 4 rings (SSSR count). The van der Waals surface area contributed by atoms with E-state index in [0.717, 1.165) is 43.4 Å². The Kier molecular flexibility index (Phi) is 6.69. The van der Waals surface area contributed by atoms with Crippen LogP contribution in [0.3, 0.4) is 0 Å². The van der Waals surface area contributed by atoms with Crippen molar-refractivity contribution in [2.45, 2.75) is 41.5 Å². The van der Waals surface area contributed by atoms with E-state index in [1.165, 1.54) is 12.1 Å². The van der Waals surface area contributed by atoms with E-state index in [-0.39, 0.29) is 22.3 Å². The van der Waals surface area contributed by atoms with Gasteiger partial charge in [0.05, 0.1) is 16.3 Å². The minimum Gasteiger partial charge on any atom is -0.296 e. The van der Waals surface area contributed by atoms with Gasteiger partial charge >= 0.3 is 0 Å². The SMILES string of the molecule is CN(Nc1ccc(F)cc1F)C(=C1C=C(C(C)(C)C)C(=O)C(C(C)(C)C)=C1)c1cc2ccccc2s1. The highest BCUT2D eigenvalue weighted by Gasteiger charge is 2.35. The summed E-state index contributed by atoms with van der Waals surface area (Å²) in [4.78, 5) is 14.5. The predicted octanol–water partition coefficient (Wildman–Crippen LogP) is 8.38. The minimum absolute atomic E-state index is 0.0506. The Morgan fingerprint density at radius 2 is 1.50 bits per heavy atom. The first-order chi connectivity index (χ1) is 16.8. The second kappa shape index (κ2) is 9.32. The lowest BCUT2D eigenvalue weighted by Gasteiger charge is -2.33. The molecule has 0 amide bonds. The summed E-state index contributed by atoms with van der Waals surface area (Å²) in [6.45, 7) is 12.2. The summed E-state index contributed by atoms with van der Waals surface area (Å²) in [6.07, 6.45) is 3.91. The number of nitrogens with zero attached hydrogens (tertiary/aromatic N) is 1. The molecule has 3 aromatic rings. The highest BCUT2D eigenvalue weighted by Crippen LogP contribution is 2.42. The first kappa shape index (κ1) is 25.8. The fraction of sp³-hybridized carbons (Fsp3) is 0.300. The summed E-state index contributed by atoms with van der Waals surface area (Å²) < 4.78 is 29.2. The zero-order chi connectivity index (χ0) is 26.4. The highest BCUT2D eigenvalue weighted by atomic mass is 32.1. The fourth-order valence-corrected chi connectivity index (χ4v) is 5.46. The van der Waals surface area contributed by atoms with E-state index >= 15 is 0 Å². The molecule has 0 fully saturated rings. The number of hydrogen-bond donors (Lipinski definition) is 1. The van der Waals surface area contributed by atoms with Crippen LogP contribution in [0.4, 0.5) is 14.5 Å². The largest absolute Gasteiger partial charge is 0.296 e. The van der Waals surface area contributed by atoms with Crippen LogP contribution >= 0.6 is 11.3 Å². The zero-order valence-corrected chi connectivity index (χ0v) is 22.6. The lowest BCUT2D eigenvalue weighted by molar-refractivity contribution is -0.114. The Hall–Kier alpha value is -3.25. The second-order valence-electron chi connectivity index (χ2n) is 11.2. The number of ketones is 1. The van der Waals surface area contributed by atoms with Crippen LogP contribution in [0, 0.1) is 22.5 Å². The fourth-order valence-electron chi connectivity index (χ4n) is 4.30. The number of carbonyl (C=O) groups excluding carboxylic acids is 1. The Morgan fingerprint density at radius 1 is 0.889 bits per heavy atom. The number of rotatable bonds is 4.